The normalized spacial score (nSPS) is 14.2. The molecule has 2 amide bonds. The van der Waals surface area contributed by atoms with Crippen LogP contribution in [0.25, 0.3) is 0 Å². The summed E-state index contributed by atoms with van der Waals surface area (Å²) in [7, 11) is 0. The van der Waals surface area contributed by atoms with Crippen LogP contribution in [0.1, 0.15) is 22.3 Å². The molecule has 2 aromatic rings. The number of nitrogens with zero attached hydrogens (tertiary/aromatic N) is 2. The minimum absolute atomic E-state index is 0.0298. The average Bonchev–Trinajstić information content (AvgIpc) is 2.78. The van der Waals surface area contributed by atoms with Gasteiger partial charge in [0.2, 0.25) is 0 Å². The Morgan fingerprint density at radius 1 is 0.906 bits per heavy atom. The Morgan fingerprint density at radius 2 is 1.50 bits per heavy atom. The van der Waals surface area contributed by atoms with Crippen molar-refractivity contribution in [1.29, 1.82) is 0 Å². The zero-order valence-corrected chi connectivity index (χ0v) is 17.1. The predicted octanol–water partition coefficient (Wildman–Crippen LogP) is 3.80. The number of ketones is 1. The van der Waals surface area contributed by atoms with Gasteiger partial charge in [-0.3, -0.25) is 9.59 Å². The molecule has 1 fully saturated rings. The van der Waals surface area contributed by atoms with Crippen LogP contribution in [0.2, 0.25) is 0 Å². The highest BCUT2D eigenvalue weighted by atomic mass is 19.4. The Hall–Kier alpha value is -3.56. The molecular formula is C22H22F3N3O4. The molecule has 10 heteroatoms. The Labute approximate surface area is 182 Å². The number of amides is 2. The number of halogens is 3. The number of carbonyl (C=O) groups excluding carboxylic acids is 2. The summed E-state index contributed by atoms with van der Waals surface area (Å²) in [5.41, 5.74) is 2.26. The zero-order chi connectivity index (χ0) is 23.3. The van der Waals surface area contributed by atoms with Crippen LogP contribution >= 0.6 is 0 Å². The highest BCUT2D eigenvalue weighted by Gasteiger charge is 2.38. The largest absolute Gasteiger partial charge is 0.471 e. The fourth-order valence-electron chi connectivity index (χ4n) is 3.37. The lowest BCUT2D eigenvalue weighted by molar-refractivity contribution is -0.167. The summed E-state index contributed by atoms with van der Waals surface area (Å²) in [5.74, 6) is -2.10. The van der Waals surface area contributed by atoms with Crippen molar-refractivity contribution in [3.63, 3.8) is 0 Å². The predicted molar refractivity (Wildman–Crippen MR) is 112 cm³/mol. The van der Waals surface area contributed by atoms with Gasteiger partial charge in [-0.05, 0) is 48.4 Å². The van der Waals surface area contributed by atoms with Gasteiger partial charge in [0.15, 0.2) is 5.78 Å². The number of benzene rings is 2. The van der Waals surface area contributed by atoms with Gasteiger partial charge in [-0.15, -0.1) is 0 Å². The van der Waals surface area contributed by atoms with Crippen LogP contribution in [0, 0.1) is 0 Å². The third-order valence-electron chi connectivity index (χ3n) is 5.21. The molecule has 3 rings (SSSR count). The first-order valence-corrected chi connectivity index (χ1v) is 9.96. The summed E-state index contributed by atoms with van der Waals surface area (Å²) in [4.78, 5) is 37.8. The quantitative estimate of drug-likeness (QED) is 0.655. The highest BCUT2D eigenvalue weighted by molar-refractivity contribution is 5.96. The molecule has 0 saturated carbocycles. The van der Waals surface area contributed by atoms with Crippen LogP contribution in [0.3, 0.4) is 0 Å². The van der Waals surface area contributed by atoms with Crippen molar-refractivity contribution >= 4 is 29.2 Å². The smallest absolute Gasteiger partial charge is 0.465 e. The molecule has 2 aromatic carbocycles. The van der Waals surface area contributed by atoms with Crippen LogP contribution in [0.15, 0.2) is 48.5 Å². The van der Waals surface area contributed by atoms with Gasteiger partial charge in [-0.25, -0.2) is 4.79 Å². The van der Waals surface area contributed by atoms with E-state index in [-0.39, 0.29) is 17.9 Å². The molecule has 7 nitrogen and oxygen atoms in total. The van der Waals surface area contributed by atoms with Crippen LogP contribution in [0.5, 0.6) is 0 Å². The SMILES string of the molecule is O=C(CCc1ccc(NC(=O)C(F)(F)F)cc1)c1ccc(N2CCN(C(=O)O)CC2)cc1. The average molecular weight is 449 g/mol. The number of alkyl halides is 3. The van der Waals surface area contributed by atoms with Gasteiger partial charge in [-0.2, -0.15) is 13.2 Å². The number of carboxylic acid groups (broad SMARTS) is 1. The van der Waals surface area contributed by atoms with E-state index in [1.54, 1.807) is 29.6 Å². The van der Waals surface area contributed by atoms with Crippen molar-refractivity contribution in [2.24, 2.45) is 0 Å². The lowest BCUT2D eigenvalue weighted by Gasteiger charge is -2.34. The van der Waals surface area contributed by atoms with E-state index in [1.165, 1.54) is 17.0 Å². The third-order valence-corrected chi connectivity index (χ3v) is 5.21. The van der Waals surface area contributed by atoms with E-state index >= 15 is 0 Å². The van der Waals surface area contributed by atoms with E-state index < -0.39 is 18.2 Å². The molecule has 0 bridgehead atoms. The molecule has 2 N–H and O–H groups in total. The Kier molecular flexibility index (Phi) is 7.01. The van der Waals surface area contributed by atoms with Gasteiger partial charge < -0.3 is 20.2 Å². The zero-order valence-electron chi connectivity index (χ0n) is 17.1. The second-order valence-electron chi connectivity index (χ2n) is 7.38. The molecule has 1 heterocycles. The van der Waals surface area contributed by atoms with E-state index in [9.17, 15) is 27.6 Å². The summed E-state index contributed by atoms with van der Waals surface area (Å²) in [6.45, 7) is 2.02. The van der Waals surface area contributed by atoms with Crippen molar-refractivity contribution in [3.05, 3.63) is 59.7 Å². The van der Waals surface area contributed by atoms with Gasteiger partial charge in [0.05, 0.1) is 0 Å². The maximum atomic E-state index is 12.5. The molecule has 0 unspecified atom stereocenters. The first-order valence-electron chi connectivity index (χ1n) is 9.96. The minimum Gasteiger partial charge on any atom is -0.465 e. The number of Topliss-reactive ketones (excluding diaryl/α,β-unsaturated/α-hetero) is 1. The summed E-state index contributed by atoms with van der Waals surface area (Å²) in [5, 5.41) is 10.8. The minimum atomic E-state index is -4.95. The van der Waals surface area contributed by atoms with Crippen LogP contribution < -0.4 is 10.2 Å². The van der Waals surface area contributed by atoms with Crippen molar-refractivity contribution in [1.82, 2.24) is 4.90 Å². The summed E-state index contributed by atoms with van der Waals surface area (Å²) >= 11 is 0. The Morgan fingerprint density at radius 3 is 2.03 bits per heavy atom. The summed E-state index contributed by atoms with van der Waals surface area (Å²) in [6.07, 6.45) is -5.24. The molecule has 0 aromatic heterocycles. The van der Waals surface area contributed by atoms with E-state index in [1.807, 2.05) is 12.1 Å². The van der Waals surface area contributed by atoms with E-state index in [2.05, 4.69) is 4.90 Å². The Balaban J connectivity index is 1.50. The number of nitrogens with one attached hydrogen (secondary N) is 1. The molecule has 1 aliphatic heterocycles. The second-order valence-corrected chi connectivity index (χ2v) is 7.38. The van der Waals surface area contributed by atoms with Crippen molar-refractivity contribution in [2.45, 2.75) is 19.0 Å². The topological polar surface area (TPSA) is 90.0 Å². The molecule has 32 heavy (non-hydrogen) atoms. The first-order chi connectivity index (χ1) is 15.1. The number of piperazine rings is 1. The van der Waals surface area contributed by atoms with E-state index in [4.69, 9.17) is 5.11 Å². The van der Waals surface area contributed by atoms with Gasteiger partial charge in [0.25, 0.3) is 0 Å². The number of hydrogen-bond donors (Lipinski definition) is 2. The molecule has 0 spiro atoms. The fourth-order valence-corrected chi connectivity index (χ4v) is 3.37. The number of aryl methyl sites for hydroxylation is 1. The van der Waals surface area contributed by atoms with Gasteiger partial charge in [-0.1, -0.05) is 12.1 Å². The lowest BCUT2D eigenvalue weighted by atomic mass is 10.0. The molecule has 0 aliphatic carbocycles. The molecule has 170 valence electrons. The Bertz CT molecular complexity index is 967. The lowest BCUT2D eigenvalue weighted by Crippen LogP contribution is -2.48. The molecule has 1 saturated heterocycles. The number of anilines is 2. The van der Waals surface area contributed by atoms with Crippen molar-refractivity contribution in [3.8, 4) is 0 Å². The monoisotopic (exact) mass is 449 g/mol. The molecule has 0 radical (unpaired) electrons. The van der Waals surface area contributed by atoms with Crippen molar-refractivity contribution in [2.75, 3.05) is 36.4 Å². The standard InChI is InChI=1S/C22H22F3N3O4/c23-22(24,25)20(30)26-17-6-1-15(2-7-17)3-10-19(29)16-4-8-18(9-5-16)27-11-13-28(14-12-27)21(31)32/h1-2,4-9H,3,10-14H2,(H,26,30)(H,31,32). The second kappa shape index (κ2) is 9.71. The van der Waals surface area contributed by atoms with Crippen LogP contribution in [-0.2, 0) is 11.2 Å². The number of carbonyl (C=O) groups is 3. The summed E-state index contributed by atoms with van der Waals surface area (Å²) in [6, 6.07) is 13.0. The van der Waals surface area contributed by atoms with Gasteiger partial charge in [0.1, 0.15) is 0 Å². The van der Waals surface area contributed by atoms with Crippen molar-refractivity contribution < 1.29 is 32.7 Å². The fraction of sp³-hybridized carbons (Fsp3) is 0.318. The maximum absolute atomic E-state index is 12.5. The van der Waals surface area contributed by atoms with E-state index in [0.717, 1.165) is 11.3 Å². The van der Waals surface area contributed by atoms with Crippen LogP contribution in [0.4, 0.5) is 29.3 Å². The highest BCUT2D eigenvalue weighted by Crippen LogP contribution is 2.20. The molecule has 0 atom stereocenters. The summed E-state index contributed by atoms with van der Waals surface area (Å²) < 4.78 is 36.9. The van der Waals surface area contributed by atoms with E-state index in [0.29, 0.717) is 38.2 Å². The van der Waals surface area contributed by atoms with Gasteiger partial charge in [0, 0.05) is 49.5 Å². The van der Waals surface area contributed by atoms with Crippen LogP contribution in [-0.4, -0.2) is 60.1 Å². The number of rotatable bonds is 6. The first kappa shape index (κ1) is 23.1. The third kappa shape index (κ3) is 5.99. The maximum Gasteiger partial charge on any atom is 0.471 e. The molecular weight excluding hydrogens is 427 g/mol. The molecule has 1 aliphatic rings. The van der Waals surface area contributed by atoms with Gasteiger partial charge >= 0.3 is 18.2 Å². The number of hydrogen-bond acceptors (Lipinski definition) is 4.